The van der Waals surface area contributed by atoms with Crippen molar-refractivity contribution in [2.24, 2.45) is 0 Å². The van der Waals surface area contributed by atoms with E-state index in [0.29, 0.717) is 11.4 Å². The summed E-state index contributed by atoms with van der Waals surface area (Å²) in [6, 6.07) is 46.6. The molecule has 1 aromatic heterocycles. The number of furan rings is 1. The zero-order valence-corrected chi connectivity index (χ0v) is 28.9. The lowest BCUT2D eigenvalue weighted by molar-refractivity contribution is 0.673. The van der Waals surface area contributed by atoms with Crippen LogP contribution < -0.4 is 4.90 Å². The molecule has 0 atom stereocenters. The van der Waals surface area contributed by atoms with Gasteiger partial charge in [0.25, 0.3) is 0 Å². The van der Waals surface area contributed by atoms with Gasteiger partial charge in [0, 0.05) is 33.1 Å². The number of fused-ring (bicyclic) bond motifs is 5. The van der Waals surface area contributed by atoms with E-state index in [9.17, 15) is 5.48 Å². The number of hydrogen-bond donors (Lipinski definition) is 0. The largest absolute Gasteiger partial charge is 0.455 e. The molecule has 0 fully saturated rings. The molecule has 9 aromatic carbocycles. The van der Waals surface area contributed by atoms with Gasteiger partial charge in [-0.25, -0.2) is 0 Å². The van der Waals surface area contributed by atoms with E-state index < -0.39 is 59.9 Å². The maximum absolute atomic E-state index is 9.53. The van der Waals surface area contributed by atoms with Crippen molar-refractivity contribution < 1.29 is 16.8 Å². The predicted molar refractivity (Wildman–Crippen MR) is 228 cm³/mol. The number of nitrogens with zero attached hydrogens (tertiary/aromatic N) is 1. The second kappa shape index (κ2) is 13.4. The molecular formula is C52H35NO. The fourth-order valence-electron chi connectivity index (χ4n) is 7.28. The van der Waals surface area contributed by atoms with Crippen LogP contribution in [0.5, 0.6) is 0 Å². The second-order valence-corrected chi connectivity index (χ2v) is 13.0. The number of para-hydroxylation sites is 1. The summed E-state index contributed by atoms with van der Waals surface area (Å²) < 4.78 is 86.1. The normalized spacial score (nSPS) is 13.7. The third kappa shape index (κ3) is 5.62. The van der Waals surface area contributed by atoms with Crippen LogP contribution in [0.2, 0.25) is 0 Å². The smallest absolute Gasteiger partial charge is 0.143 e. The molecule has 0 N–H and O–H groups in total. The first kappa shape index (κ1) is 23.4. The van der Waals surface area contributed by atoms with E-state index in [1.54, 1.807) is 4.90 Å². The molecule has 54 heavy (non-hydrogen) atoms. The molecule has 0 spiro atoms. The molecule has 10 rings (SSSR count). The first-order chi connectivity index (χ1) is 30.5. The molecule has 2 heteroatoms. The van der Waals surface area contributed by atoms with Gasteiger partial charge in [0.1, 0.15) is 11.2 Å². The lowest BCUT2D eigenvalue weighted by atomic mass is 9.97. The summed E-state index contributed by atoms with van der Waals surface area (Å²) in [4.78, 5) is 1.71. The molecule has 0 saturated carbocycles. The fourth-order valence-corrected chi connectivity index (χ4v) is 7.28. The Morgan fingerprint density at radius 2 is 1.02 bits per heavy atom. The molecule has 0 radical (unpaired) electrons. The Morgan fingerprint density at radius 1 is 0.389 bits per heavy atom. The lowest BCUT2D eigenvalue weighted by Gasteiger charge is -2.28. The minimum atomic E-state index is -0.631. The standard InChI is InChI=1S/C52H35NO/c1-3-12-36(13-4-1)38-22-24-41(25-23-38)45-17-9-10-20-49(45)53(43-31-26-39(27-32-43)37-14-5-2-6-15-37)44-33-28-42(29-34-44)46-19-11-21-50-51(46)48-35-30-40-16-7-8-18-47(40)52(48)54-50/h1-35H/i2D,5D,6D,14D,15D,26D,27D,31D,32D. The molecule has 2 nitrogen and oxygen atoms in total. The van der Waals surface area contributed by atoms with Crippen molar-refractivity contribution in [2.75, 3.05) is 4.90 Å². The molecule has 0 saturated heterocycles. The van der Waals surface area contributed by atoms with Crippen LogP contribution in [0.4, 0.5) is 17.1 Å². The summed E-state index contributed by atoms with van der Waals surface area (Å²) in [7, 11) is 0. The van der Waals surface area contributed by atoms with E-state index in [-0.39, 0.29) is 11.3 Å². The van der Waals surface area contributed by atoms with E-state index in [1.807, 2.05) is 133 Å². The monoisotopic (exact) mass is 698 g/mol. The van der Waals surface area contributed by atoms with Crippen molar-refractivity contribution in [3.05, 3.63) is 212 Å². The summed E-state index contributed by atoms with van der Waals surface area (Å²) in [6.07, 6.45) is 0. The highest BCUT2D eigenvalue weighted by Gasteiger charge is 2.19. The summed E-state index contributed by atoms with van der Waals surface area (Å²) in [5, 5.41) is 4.06. The van der Waals surface area contributed by atoms with Crippen molar-refractivity contribution in [1.29, 1.82) is 0 Å². The average Bonchev–Trinajstić information content (AvgIpc) is 3.72. The molecule has 254 valence electrons. The summed E-state index contributed by atoms with van der Waals surface area (Å²) in [5.74, 6) is 0. The van der Waals surface area contributed by atoms with Crippen LogP contribution in [-0.2, 0) is 0 Å². The molecule has 1 heterocycles. The molecule has 0 aliphatic rings. The highest BCUT2D eigenvalue weighted by molar-refractivity contribution is 6.19. The van der Waals surface area contributed by atoms with Gasteiger partial charge in [0.05, 0.1) is 18.0 Å². The molecule has 0 aliphatic carbocycles. The topological polar surface area (TPSA) is 16.4 Å². The van der Waals surface area contributed by atoms with Gasteiger partial charge in [-0.2, -0.15) is 0 Å². The number of hydrogen-bond acceptors (Lipinski definition) is 2. The second-order valence-electron chi connectivity index (χ2n) is 13.0. The first-order valence-corrected chi connectivity index (χ1v) is 17.7. The van der Waals surface area contributed by atoms with Crippen LogP contribution in [0.25, 0.3) is 77.2 Å². The van der Waals surface area contributed by atoms with Crippen molar-refractivity contribution >= 4 is 49.8 Å². The van der Waals surface area contributed by atoms with Crippen LogP contribution >= 0.6 is 0 Å². The molecule has 0 unspecified atom stereocenters. The Labute approximate surface area is 327 Å². The fraction of sp³-hybridized carbons (Fsp3) is 0. The number of rotatable bonds is 7. The van der Waals surface area contributed by atoms with E-state index in [0.717, 1.165) is 66.1 Å². The van der Waals surface area contributed by atoms with Crippen LogP contribution in [0.15, 0.2) is 217 Å². The zero-order chi connectivity index (χ0) is 43.7. The zero-order valence-electron chi connectivity index (χ0n) is 37.9. The maximum atomic E-state index is 9.53. The quantitative estimate of drug-likeness (QED) is 0.165. The molecule has 0 bridgehead atoms. The molecular weight excluding hydrogens is 655 g/mol. The summed E-state index contributed by atoms with van der Waals surface area (Å²) in [5.41, 5.74) is 7.37. The average molecular weight is 699 g/mol. The maximum Gasteiger partial charge on any atom is 0.143 e. The highest BCUT2D eigenvalue weighted by Crippen LogP contribution is 2.44. The van der Waals surface area contributed by atoms with Crippen molar-refractivity contribution in [3.63, 3.8) is 0 Å². The Hall–Kier alpha value is -7.16. The van der Waals surface area contributed by atoms with Crippen molar-refractivity contribution in [3.8, 4) is 44.5 Å². The van der Waals surface area contributed by atoms with Gasteiger partial charge >= 0.3 is 0 Å². The Bertz CT molecular complexity index is 3380. The van der Waals surface area contributed by atoms with Gasteiger partial charge in [0.15, 0.2) is 0 Å². The molecule has 10 aromatic rings. The van der Waals surface area contributed by atoms with Gasteiger partial charge in [-0.1, -0.05) is 170 Å². The van der Waals surface area contributed by atoms with Gasteiger partial charge < -0.3 is 9.32 Å². The number of benzene rings is 9. The SMILES string of the molecule is [2H]c1c([2H])c([2H])c(-c2c([2H])c([2H])c(N(c3ccc(-c4cccc5oc6c7ccccc7ccc6c45)cc3)c3ccccc3-c3ccc(-c4ccccc4)cc3)c([2H])c2[2H])c([2H])c1[2H]. The predicted octanol–water partition coefficient (Wildman–Crippen LogP) is 14.9. The minimum Gasteiger partial charge on any atom is -0.455 e. The van der Waals surface area contributed by atoms with Gasteiger partial charge in [-0.3, -0.25) is 0 Å². The lowest BCUT2D eigenvalue weighted by Crippen LogP contribution is -2.11. The third-order valence-electron chi connectivity index (χ3n) is 9.86. The van der Waals surface area contributed by atoms with Crippen LogP contribution in [0.3, 0.4) is 0 Å². The summed E-state index contributed by atoms with van der Waals surface area (Å²) >= 11 is 0. The molecule has 0 amide bonds. The van der Waals surface area contributed by atoms with Gasteiger partial charge in [-0.05, 0) is 86.7 Å². The van der Waals surface area contributed by atoms with Gasteiger partial charge in [0.2, 0.25) is 0 Å². The third-order valence-corrected chi connectivity index (χ3v) is 9.86. The van der Waals surface area contributed by atoms with E-state index in [2.05, 4.69) is 24.3 Å². The van der Waals surface area contributed by atoms with Crippen molar-refractivity contribution in [1.82, 2.24) is 0 Å². The van der Waals surface area contributed by atoms with E-state index in [1.165, 1.54) is 0 Å². The van der Waals surface area contributed by atoms with Crippen LogP contribution in [0, 0.1) is 0 Å². The van der Waals surface area contributed by atoms with Crippen LogP contribution in [-0.4, -0.2) is 0 Å². The van der Waals surface area contributed by atoms with Crippen LogP contribution in [0.1, 0.15) is 12.3 Å². The summed E-state index contributed by atoms with van der Waals surface area (Å²) in [6.45, 7) is 0. The van der Waals surface area contributed by atoms with E-state index >= 15 is 0 Å². The van der Waals surface area contributed by atoms with Gasteiger partial charge in [-0.15, -0.1) is 0 Å². The molecule has 0 aliphatic heterocycles. The number of anilines is 3. The Kier molecular flexibility index (Phi) is 5.82. The minimum absolute atomic E-state index is 0.0722. The highest BCUT2D eigenvalue weighted by atomic mass is 16.3. The first-order valence-electron chi connectivity index (χ1n) is 22.2. The Balaban J connectivity index is 1.17. The van der Waals surface area contributed by atoms with E-state index in [4.69, 9.17) is 11.3 Å². The van der Waals surface area contributed by atoms with Crippen molar-refractivity contribution in [2.45, 2.75) is 0 Å². The Morgan fingerprint density at radius 3 is 1.83 bits per heavy atom.